The summed E-state index contributed by atoms with van der Waals surface area (Å²) in [5.41, 5.74) is 2.95. The molecule has 18 heavy (non-hydrogen) atoms. The van der Waals surface area contributed by atoms with Gasteiger partial charge in [0.2, 0.25) is 0 Å². The molecule has 3 rings (SSSR count). The molecule has 3 aromatic heterocycles. The van der Waals surface area contributed by atoms with Gasteiger partial charge in [-0.2, -0.15) is 0 Å². The van der Waals surface area contributed by atoms with Crippen LogP contribution in [-0.2, 0) is 0 Å². The fourth-order valence-corrected chi connectivity index (χ4v) is 1.65. The maximum atomic E-state index is 11.9. The predicted molar refractivity (Wildman–Crippen MR) is 63.9 cm³/mol. The summed E-state index contributed by atoms with van der Waals surface area (Å²) in [6, 6.07) is 5.12. The molecule has 2 N–H and O–H groups in total. The van der Waals surface area contributed by atoms with Crippen LogP contribution in [0.5, 0.6) is 0 Å². The molecule has 3 aromatic rings. The van der Waals surface area contributed by atoms with Crippen LogP contribution in [-0.4, -0.2) is 25.0 Å². The standard InChI is InChI=1S/C11H9N5O2/c17-10(14-15-3-1-2-4-15)9-5-8-6-12-7-16(8)11(18)13-9/h1-7H,(H,13,18)(H,14,17). The molecule has 0 unspecified atom stereocenters. The number of fused-ring (bicyclic) bond motifs is 1. The van der Waals surface area contributed by atoms with Crippen molar-refractivity contribution in [2.24, 2.45) is 0 Å². The summed E-state index contributed by atoms with van der Waals surface area (Å²) in [4.78, 5) is 29.9. The van der Waals surface area contributed by atoms with Crippen LogP contribution in [0.4, 0.5) is 0 Å². The Labute approximate surface area is 101 Å². The zero-order valence-electron chi connectivity index (χ0n) is 9.20. The van der Waals surface area contributed by atoms with E-state index in [2.05, 4.69) is 15.4 Å². The van der Waals surface area contributed by atoms with E-state index in [-0.39, 0.29) is 5.69 Å². The van der Waals surface area contributed by atoms with Crippen LogP contribution in [0, 0.1) is 0 Å². The Morgan fingerprint density at radius 1 is 1.33 bits per heavy atom. The highest BCUT2D eigenvalue weighted by molar-refractivity contribution is 5.98. The summed E-state index contributed by atoms with van der Waals surface area (Å²) in [7, 11) is 0. The first-order valence-electron chi connectivity index (χ1n) is 5.24. The molecular weight excluding hydrogens is 234 g/mol. The molecule has 0 aromatic carbocycles. The third kappa shape index (κ3) is 1.67. The van der Waals surface area contributed by atoms with Crippen LogP contribution in [0.25, 0.3) is 5.52 Å². The summed E-state index contributed by atoms with van der Waals surface area (Å²) in [5, 5.41) is 0. The molecule has 0 aliphatic heterocycles. The van der Waals surface area contributed by atoms with Crippen molar-refractivity contribution in [2.75, 3.05) is 5.43 Å². The van der Waals surface area contributed by atoms with E-state index in [1.807, 2.05) is 0 Å². The monoisotopic (exact) mass is 243 g/mol. The van der Waals surface area contributed by atoms with Crippen molar-refractivity contribution in [1.29, 1.82) is 0 Å². The molecule has 0 fully saturated rings. The van der Waals surface area contributed by atoms with Crippen LogP contribution in [0.3, 0.4) is 0 Å². The Bertz CT molecular complexity index is 753. The first-order valence-corrected chi connectivity index (χ1v) is 5.24. The van der Waals surface area contributed by atoms with E-state index in [1.54, 1.807) is 30.6 Å². The number of carbonyl (C=O) groups is 1. The average molecular weight is 243 g/mol. The summed E-state index contributed by atoms with van der Waals surface area (Å²) in [6.07, 6.45) is 6.28. The third-order valence-corrected chi connectivity index (χ3v) is 2.50. The number of rotatable bonds is 2. The Morgan fingerprint density at radius 3 is 2.89 bits per heavy atom. The van der Waals surface area contributed by atoms with Gasteiger partial charge in [-0.15, -0.1) is 0 Å². The number of hydrogen-bond donors (Lipinski definition) is 2. The zero-order valence-corrected chi connectivity index (χ0v) is 9.20. The molecule has 0 aliphatic rings. The van der Waals surface area contributed by atoms with Crippen molar-refractivity contribution >= 4 is 11.4 Å². The van der Waals surface area contributed by atoms with Crippen molar-refractivity contribution < 1.29 is 4.79 Å². The fraction of sp³-hybridized carbons (Fsp3) is 0. The summed E-state index contributed by atoms with van der Waals surface area (Å²) < 4.78 is 2.83. The van der Waals surface area contributed by atoms with E-state index in [9.17, 15) is 9.59 Å². The number of aromatic amines is 1. The lowest BCUT2D eigenvalue weighted by Gasteiger charge is -2.05. The van der Waals surface area contributed by atoms with Crippen molar-refractivity contribution in [3.63, 3.8) is 0 Å². The molecular formula is C11H9N5O2. The SMILES string of the molecule is O=C(Nn1cccc1)c1cc2cncn2c(=O)[nH]1. The van der Waals surface area contributed by atoms with Crippen LogP contribution in [0.1, 0.15) is 10.5 Å². The van der Waals surface area contributed by atoms with Gasteiger partial charge in [-0.25, -0.2) is 9.78 Å². The second kappa shape index (κ2) is 3.88. The average Bonchev–Trinajstić information content (AvgIpc) is 2.98. The Kier molecular flexibility index (Phi) is 2.23. The van der Waals surface area contributed by atoms with Crippen LogP contribution >= 0.6 is 0 Å². The fourth-order valence-electron chi connectivity index (χ4n) is 1.65. The van der Waals surface area contributed by atoms with Gasteiger partial charge in [0, 0.05) is 12.4 Å². The van der Waals surface area contributed by atoms with Crippen molar-refractivity contribution in [1.82, 2.24) is 19.0 Å². The summed E-state index contributed by atoms with van der Waals surface area (Å²) in [5.74, 6) is -0.396. The highest BCUT2D eigenvalue weighted by Gasteiger charge is 2.09. The maximum absolute atomic E-state index is 11.9. The third-order valence-electron chi connectivity index (χ3n) is 2.50. The summed E-state index contributed by atoms with van der Waals surface area (Å²) in [6.45, 7) is 0. The molecule has 0 radical (unpaired) electrons. The first-order chi connectivity index (χ1) is 8.74. The molecule has 90 valence electrons. The number of aromatic nitrogens is 4. The highest BCUT2D eigenvalue weighted by atomic mass is 16.2. The Morgan fingerprint density at radius 2 is 2.11 bits per heavy atom. The molecule has 0 bridgehead atoms. The van der Waals surface area contributed by atoms with Gasteiger partial charge < -0.3 is 4.98 Å². The lowest BCUT2D eigenvalue weighted by Crippen LogP contribution is -2.26. The smallest absolute Gasteiger partial charge is 0.302 e. The van der Waals surface area contributed by atoms with Crippen molar-refractivity contribution in [2.45, 2.75) is 0 Å². The Hall–Kier alpha value is -2.83. The lowest BCUT2D eigenvalue weighted by molar-refractivity contribution is 0.100. The second-order valence-corrected chi connectivity index (χ2v) is 3.71. The van der Waals surface area contributed by atoms with Gasteiger partial charge in [-0.3, -0.25) is 19.3 Å². The number of amides is 1. The van der Waals surface area contributed by atoms with Gasteiger partial charge in [0.05, 0.1) is 11.7 Å². The number of nitrogens with one attached hydrogen (secondary N) is 2. The summed E-state index contributed by atoms with van der Waals surface area (Å²) >= 11 is 0. The minimum Gasteiger partial charge on any atom is -0.302 e. The van der Waals surface area contributed by atoms with Gasteiger partial charge in [0.15, 0.2) is 0 Å². The van der Waals surface area contributed by atoms with Crippen molar-refractivity contribution in [3.8, 4) is 0 Å². The molecule has 1 amide bonds. The second-order valence-electron chi connectivity index (χ2n) is 3.71. The first kappa shape index (κ1) is 10.3. The molecule has 0 aliphatic carbocycles. The predicted octanol–water partition coefficient (Wildman–Crippen LogP) is 0.208. The van der Waals surface area contributed by atoms with Gasteiger partial charge in [0.25, 0.3) is 5.91 Å². The molecule has 7 nitrogen and oxygen atoms in total. The number of carbonyl (C=O) groups excluding carboxylic acids is 1. The maximum Gasteiger partial charge on any atom is 0.331 e. The number of nitrogens with zero attached hydrogens (tertiary/aromatic N) is 3. The number of H-pyrrole nitrogens is 1. The topological polar surface area (TPSA) is 84.2 Å². The Balaban J connectivity index is 1.98. The minimum absolute atomic E-state index is 0.182. The molecule has 0 saturated heterocycles. The molecule has 0 spiro atoms. The molecule has 3 heterocycles. The van der Waals surface area contributed by atoms with Gasteiger partial charge in [-0.1, -0.05) is 0 Å². The van der Waals surface area contributed by atoms with E-state index in [0.717, 1.165) is 0 Å². The van der Waals surface area contributed by atoms with E-state index in [4.69, 9.17) is 0 Å². The lowest BCUT2D eigenvalue weighted by atomic mass is 10.3. The van der Waals surface area contributed by atoms with Crippen molar-refractivity contribution in [3.05, 3.63) is 59.3 Å². The van der Waals surface area contributed by atoms with Gasteiger partial charge in [0.1, 0.15) is 12.0 Å². The van der Waals surface area contributed by atoms with E-state index in [1.165, 1.54) is 21.6 Å². The van der Waals surface area contributed by atoms with Crippen LogP contribution in [0.15, 0.2) is 47.9 Å². The number of hydrogen-bond acceptors (Lipinski definition) is 3. The largest absolute Gasteiger partial charge is 0.331 e. The van der Waals surface area contributed by atoms with Gasteiger partial charge in [-0.05, 0) is 18.2 Å². The molecule has 0 atom stereocenters. The molecule has 0 saturated carbocycles. The normalized spacial score (nSPS) is 10.7. The van der Waals surface area contributed by atoms with E-state index < -0.39 is 11.6 Å². The van der Waals surface area contributed by atoms with E-state index >= 15 is 0 Å². The van der Waals surface area contributed by atoms with Crippen LogP contribution in [0.2, 0.25) is 0 Å². The quantitative estimate of drug-likeness (QED) is 0.674. The highest BCUT2D eigenvalue weighted by Crippen LogP contribution is 2.01. The van der Waals surface area contributed by atoms with Gasteiger partial charge >= 0.3 is 5.69 Å². The zero-order chi connectivity index (χ0) is 12.5. The minimum atomic E-state index is -0.400. The molecule has 7 heteroatoms. The van der Waals surface area contributed by atoms with Crippen LogP contribution < -0.4 is 11.1 Å². The van der Waals surface area contributed by atoms with E-state index in [0.29, 0.717) is 5.52 Å². The number of imidazole rings is 1.